The number of hydrogen-bond acceptors (Lipinski definition) is 4. The summed E-state index contributed by atoms with van der Waals surface area (Å²) in [5, 5.41) is 15.1. The summed E-state index contributed by atoms with van der Waals surface area (Å²) in [7, 11) is 0. The van der Waals surface area contributed by atoms with Crippen molar-refractivity contribution in [1.29, 1.82) is 0 Å². The topological polar surface area (TPSA) is 55.6 Å². The monoisotopic (exact) mass is 309 g/mol. The van der Waals surface area contributed by atoms with Crippen LogP contribution in [0, 0.1) is 0 Å². The third-order valence-corrected chi connectivity index (χ3v) is 3.34. The molecular weight excluding hydrogens is 294 g/mol. The molecule has 0 fully saturated rings. The van der Waals surface area contributed by atoms with Crippen molar-refractivity contribution in [3.63, 3.8) is 0 Å². The van der Waals surface area contributed by atoms with E-state index in [0.29, 0.717) is 6.54 Å². The standard InChI is InChI=1S/C12H16BrN5/c1-3-14-8-12-15-16-17-18(12)9(2)10-4-6-11(13)7-5-10/h4-7,9,14H,3,8H2,1-2H3. The van der Waals surface area contributed by atoms with E-state index < -0.39 is 0 Å². The molecule has 0 saturated carbocycles. The molecule has 0 aliphatic heterocycles. The Labute approximate surface area is 115 Å². The molecule has 1 atom stereocenters. The van der Waals surface area contributed by atoms with Crippen molar-refractivity contribution >= 4 is 15.9 Å². The highest BCUT2D eigenvalue weighted by Gasteiger charge is 2.14. The zero-order valence-electron chi connectivity index (χ0n) is 10.5. The van der Waals surface area contributed by atoms with Crippen LogP contribution in [-0.4, -0.2) is 26.8 Å². The predicted molar refractivity (Wildman–Crippen MR) is 73.2 cm³/mol. The summed E-state index contributed by atoms with van der Waals surface area (Å²) < 4.78 is 2.93. The molecule has 1 unspecified atom stereocenters. The van der Waals surface area contributed by atoms with E-state index in [4.69, 9.17) is 0 Å². The Morgan fingerprint density at radius 1 is 1.33 bits per heavy atom. The lowest BCUT2D eigenvalue weighted by atomic mass is 10.1. The fraction of sp³-hybridized carbons (Fsp3) is 0.417. The van der Waals surface area contributed by atoms with Gasteiger partial charge in [-0.2, -0.15) is 0 Å². The minimum atomic E-state index is 0.127. The molecule has 0 spiro atoms. The highest BCUT2D eigenvalue weighted by Crippen LogP contribution is 2.20. The van der Waals surface area contributed by atoms with Crippen molar-refractivity contribution in [2.24, 2.45) is 0 Å². The van der Waals surface area contributed by atoms with E-state index >= 15 is 0 Å². The molecule has 1 aromatic heterocycles. The van der Waals surface area contributed by atoms with Crippen LogP contribution in [0.1, 0.15) is 31.3 Å². The van der Waals surface area contributed by atoms with Crippen LogP contribution >= 0.6 is 15.9 Å². The molecule has 0 saturated heterocycles. The predicted octanol–water partition coefficient (Wildman–Crippen LogP) is 2.15. The molecule has 1 N–H and O–H groups in total. The Hall–Kier alpha value is -1.27. The maximum Gasteiger partial charge on any atom is 0.165 e. The minimum absolute atomic E-state index is 0.127. The van der Waals surface area contributed by atoms with Gasteiger partial charge in [0.05, 0.1) is 12.6 Å². The van der Waals surface area contributed by atoms with Gasteiger partial charge in [0.1, 0.15) is 0 Å². The number of halogens is 1. The van der Waals surface area contributed by atoms with Gasteiger partial charge in [-0.1, -0.05) is 35.0 Å². The van der Waals surface area contributed by atoms with Crippen molar-refractivity contribution in [2.75, 3.05) is 6.54 Å². The first-order chi connectivity index (χ1) is 8.72. The Kier molecular flexibility index (Phi) is 4.43. The van der Waals surface area contributed by atoms with Gasteiger partial charge in [0.2, 0.25) is 0 Å². The molecule has 1 aromatic carbocycles. The first-order valence-corrected chi connectivity index (χ1v) is 6.74. The van der Waals surface area contributed by atoms with Crippen molar-refractivity contribution < 1.29 is 0 Å². The molecule has 0 radical (unpaired) electrons. The second-order valence-corrected chi connectivity index (χ2v) is 4.96. The van der Waals surface area contributed by atoms with Gasteiger partial charge < -0.3 is 5.32 Å². The SMILES string of the molecule is CCNCc1nnnn1C(C)c1ccc(Br)cc1. The van der Waals surface area contributed by atoms with Crippen LogP contribution in [0.25, 0.3) is 0 Å². The maximum atomic E-state index is 4.07. The van der Waals surface area contributed by atoms with Gasteiger partial charge in [-0.15, -0.1) is 5.10 Å². The van der Waals surface area contributed by atoms with Crippen molar-refractivity contribution in [3.05, 3.63) is 40.1 Å². The largest absolute Gasteiger partial charge is 0.310 e. The molecule has 18 heavy (non-hydrogen) atoms. The number of rotatable bonds is 5. The highest BCUT2D eigenvalue weighted by atomic mass is 79.9. The van der Waals surface area contributed by atoms with Crippen LogP contribution in [-0.2, 0) is 6.54 Å². The third kappa shape index (κ3) is 2.94. The van der Waals surface area contributed by atoms with Gasteiger partial charge in [0.15, 0.2) is 5.82 Å². The van der Waals surface area contributed by atoms with Crippen LogP contribution in [0.3, 0.4) is 0 Å². The first kappa shape index (κ1) is 13.2. The Bertz CT molecular complexity index is 493. The van der Waals surface area contributed by atoms with Gasteiger partial charge in [0, 0.05) is 4.47 Å². The average Bonchev–Trinajstić information content (AvgIpc) is 2.84. The summed E-state index contributed by atoms with van der Waals surface area (Å²) in [6.07, 6.45) is 0. The molecular formula is C12H16BrN5. The summed E-state index contributed by atoms with van der Waals surface area (Å²) in [5.74, 6) is 0.854. The van der Waals surface area contributed by atoms with Crippen LogP contribution in [0.5, 0.6) is 0 Å². The smallest absolute Gasteiger partial charge is 0.165 e. The van der Waals surface area contributed by atoms with Gasteiger partial charge in [-0.3, -0.25) is 0 Å². The van der Waals surface area contributed by atoms with Crippen LogP contribution in [0.15, 0.2) is 28.7 Å². The summed E-state index contributed by atoms with van der Waals surface area (Å²) in [4.78, 5) is 0. The van der Waals surface area contributed by atoms with E-state index in [9.17, 15) is 0 Å². The number of aromatic nitrogens is 4. The summed E-state index contributed by atoms with van der Waals surface area (Å²) in [6.45, 7) is 5.74. The van der Waals surface area contributed by atoms with Crippen molar-refractivity contribution in [3.8, 4) is 0 Å². The number of hydrogen-bond donors (Lipinski definition) is 1. The number of nitrogens with one attached hydrogen (secondary N) is 1. The molecule has 2 aromatic rings. The average molecular weight is 310 g/mol. The minimum Gasteiger partial charge on any atom is -0.310 e. The Balaban J connectivity index is 2.20. The molecule has 2 rings (SSSR count). The summed E-state index contributed by atoms with van der Waals surface area (Å²) in [6, 6.07) is 8.34. The van der Waals surface area contributed by atoms with Crippen LogP contribution in [0.4, 0.5) is 0 Å². The molecule has 0 aliphatic carbocycles. The lowest BCUT2D eigenvalue weighted by molar-refractivity contribution is 0.508. The molecule has 1 heterocycles. The zero-order valence-corrected chi connectivity index (χ0v) is 12.1. The lowest BCUT2D eigenvalue weighted by Crippen LogP contribution is -2.19. The molecule has 6 heteroatoms. The fourth-order valence-corrected chi connectivity index (χ4v) is 2.01. The normalized spacial score (nSPS) is 12.6. The van der Waals surface area contributed by atoms with E-state index in [-0.39, 0.29) is 6.04 Å². The molecule has 0 bridgehead atoms. The fourth-order valence-electron chi connectivity index (χ4n) is 1.75. The van der Waals surface area contributed by atoms with E-state index in [2.05, 4.69) is 62.8 Å². The second kappa shape index (κ2) is 6.06. The second-order valence-electron chi connectivity index (χ2n) is 4.05. The maximum absolute atomic E-state index is 4.07. The lowest BCUT2D eigenvalue weighted by Gasteiger charge is -2.14. The Morgan fingerprint density at radius 3 is 2.72 bits per heavy atom. The first-order valence-electron chi connectivity index (χ1n) is 5.95. The molecule has 96 valence electrons. The molecule has 0 aliphatic rings. The third-order valence-electron chi connectivity index (χ3n) is 2.81. The van der Waals surface area contributed by atoms with Gasteiger partial charge >= 0.3 is 0 Å². The van der Waals surface area contributed by atoms with Crippen LogP contribution in [0.2, 0.25) is 0 Å². The van der Waals surface area contributed by atoms with Gasteiger partial charge in [-0.25, -0.2) is 4.68 Å². The van der Waals surface area contributed by atoms with E-state index in [0.717, 1.165) is 16.8 Å². The molecule has 5 nitrogen and oxygen atoms in total. The summed E-state index contributed by atoms with van der Waals surface area (Å²) in [5.41, 5.74) is 1.18. The van der Waals surface area contributed by atoms with E-state index in [1.807, 2.05) is 16.8 Å². The zero-order chi connectivity index (χ0) is 13.0. The quantitative estimate of drug-likeness (QED) is 0.919. The Morgan fingerprint density at radius 2 is 2.06 bits per heavy atom. The molecule has 0 amide bonds. The summed E-state index contributed by atoms with van der Waals surface area (Å²) >= 11 is 3.43. The number of nitrogens with zero attached hydrogens (tertiary/aromatic N) is 4. The van der Waals surface area contributed by atoms with Crippen molar-refractivity contribution in [1.82, 2.24) is 25.5 Å². The number of benzene rings is 1. The van der Waals surface area contributed by atoms with Gasteiger partial charge in [-0.05, 0) is 41.6 Å². The van der Waals surface area contributed by atoms with E-state index in [1.54, 1.807) is 0 Å². The van der Waals surface area contributed by atoms with Crippen LogP contribution < -0.4 is 5.32 Å². The van der Waals surface area contributed by atoms with E-state index in [1.165, 1.54) is 5.56 Å². The van der Waals surface area contributed by atoms with Crippen molar-refractivity contribution in [2.45, 2.75) is 26.4 Å². The van der Waals surface area contributed by atoms with Gasteiger partial charge in [0.25, 0.3) is 0 Å². The highest BCUT2D eigenvalue weighted by molar-refractivity contribution is 9.10. The number of tetrazole rings is 1.